The molecule has 0 aliphatic heterocycles. The second kappa shape index (κ2) is 2.64. The van der Waals surface area contributed by atoms with Crippen LogP contribution < -0.4 is 0 Å². The highest BCUT2D eigenvalue weighted by molar-refractivity contribution is 6.03. The molecule has 0 saturated carbocycles. The maximum Gasteiger partial charge on any atom is 0.163 e. The molecule has 0 unspecified atom stereocenters. The lowest BCUT2D eigenvalue weighted by Crippen LogP contribution is -1.91. The van der Waals surface area contributed by atoms with E-state index in [1.54, 1.807) is 6.20 Å². The number of Topliss-reactive ketones (excluding diaryl/α,β-unsaturated/α-hetero) is 1. The number of ketones is 1. The van der Waals surface area contributed by atoms with Gasteiger partial charge in [-0.1, -0.05) is 6.07 Å². The van der Waals surface area contributed by atoms with E-state index in [0.717, 1.165) is 28.5 Å². The van der Waals surface area contributed by atoms with Crippen molar-refractivity contribution in [2.75, 3.05) is 0 Å². The van der Waals surface area contributed by atoms with Gasteiger partial charge in [0.25, 0.3) is 0 Å². The third-order valence-corrected chi connectivity index (χ3v) is 2.75. The van der Waals surface area contributed by atoms with Crippen LogP contribution in [0.5, 0.6) is 0 Å². The van der Waals surface area contributed by atoms with Gasteiger partial charge in [-0.25, -0.2) is 0 Å². The Labute approximate surface area is 81.6 Å². The van der Waals surface area contributed by atoms with Crippen molar-refractivity contribution >= 4 is 16.7 Å². The van der Waals surface area contributed by atoms with E-state index in [0.29, 0.717) is 6.42 Å². The van der Waals surface area contributed by atoms with Crippen LogP contribution in [0.15, 0.2) is 30.5 Å². The minimum Gasteiger partial charge on any atom is -0.294 e. The first-order valence-electron chi connectivity index (χ1n) is 4.75. The number of benzene rings is 1. The van der Waals surface area contributed by atoms with Gasteiger partial charge in [0.15, 0.2) is 5.78 Å². The van der Waals surface area contributed by atoms with Crippen LogP contribution in [0.4, 0.5) is 0 Å². The first-order chi connectivity index (χ1) is 6.84. The van der Waals surface area contributed by atoms with Crippen molar-refractivity contribution in [3.63, 3.8) is 0 Å². The monoisotopic (exact) mass is 183 g/mol. The first kappa shape index (κ1) is 7.68. The van der Waals surface area contributed by atoms with Crippen molar-refractivity contribution in [1.82, 2.24) is 4.98 Å². The highest BCUT2D eigenvalue weighted by Crippen LogP contribution is 2.26. The highest BCUT2D eigenvalue weighted by Gasteiger charge is 2.19. The summed E-state index contributed by atoms with van der Waals surface area (Å²) in [5.74, 6) is 0.269. The summed E-state index contributed by atoms with van der Waals surface area (Å²) in [4.78, 5) is 15.8. The molecule has 1 aliphatic rings. The lowest BCUT2D eigenvalue weighted by molar-refractivity contribution is 0.0994. The van der Waals surface area contributed by atoms with Crippen molar-refractivity contribution in [3.05, 3.63) is 41.6 Å². The average Bonchev–Trinajstić information content (AvgIpc) is 2.57. The molecule has 0 saturated heterocycles. The normalized spacial score (nSPS) is 14.7. The maximum atomic E-state index is 11.5. The van der Waals surface area contributed by atoms with Gasteiger partial charge in [-0.05, 0) is 30.2 Å². The predicted molar refractivity (Wildman–Crippen MR) is 54.4 cm³/mol. The molecule has 0 atom stereocenters. The lowest BCUT2D eigenvalue weighted by atomic mass is 10.1. The van der Waals surface area contributed by atoms with Crippen LogP contribution in [0.25, 0.3) is 10.9 Å². The van der Waals surface area contributed by atoms with Crippen molar-refractivity contribution in [2.45, 2.75) is 12.8 Å². The molecule has 2 heteroatoms. The Morgan fingerprint density at radius 3 is 3.07 bits per heavy atom. The molecular formula is C12H9NO. The number of hydrogen-bond donors (Lipinski definition) is 0. The fraction of sp³-hybridized carbons (Fsp3) is 0.167. The molecule has 0 fully saturated rings. The zero-order chi connectivity index (χ0) is 9.54. The van der Waals surface area contributed by atoms with Gasteiger partial charge in [0, 0.05) is 23.6 Å². The average molecular weight is 183 g/mol. The fourth-order valence-electron chi connectivity index (χ4n) is 2.01. The van der Waals surface area contributed by atoms with Crippen LogP contribution in [0.3, 0.4) is 0 Å². The number of aromatic nitrogens is 1. The Morgan fingerprint density at radius 1 is 1.21 bits per heavy atom. The number of rotatable bonds is 0. The zero-order valence-electron chi connectivity index (χ0n) is 7.66. The Morgan fingerprint density at radius 2 is 2.14 bits per heavy atom. The van der Waals surface area contributed by atoms with E-state index in [2.05, 4.69) is 4.98 Å². The topological polar surface area (TPSA) is 30.0 Å². The molecule has 68 valence electrons. The molecule has 1 aromatic carbocycles. The van der Waals surface area contributed by atoms with E-state index in [1.807, 2.05) is 24.3 Å². The second-order valence-electron chi connectivity index (χ2n) is 3.63. The van der Waals surface area contributed by atoms with Gasteiger partial charge in [-0.3, -0.25) is 9.78 Å². The van der Waals surface area contributed by atoms with Gasteiger partial charge in [-0.2, -0.15) is 0 Å². The summed E-state index contributed by atoms with van der Waals surface area (Å²) in [5, 5.41) is 1.06. The third-order valence-electron chi connectivity index (χ3n) is 2.75. The Hall–Kier alpha value is -1.70. The van der Waals surface area contributed by atoms with Crippen molar-refractivity contribution in [3.8, 4) is 0 Å². The number of carbonyl (C=O) groups excluding carboxylic acids is 1. The Balaban J connectivity index is 2.38. The van der Waals surface area contributed by atoms with Crippen LogP contribution in [0, 0.1) is 0 Å². The van der Waals surface area contributed by atoms with Crippen molar-refractivity contribution in [1.29, 1.82) is 0 Å². The molecule has 0 radical (unpaired) electrons. The van der Waals surface area contributed by atoms with E-state index in [1.165, 1.54) is 0 Å². The summed E-state index contributed by atoms with van der Waals surface area (Å²) >= 11 is 0. The molecule has 1 aliphatic carbocycles. The minimum absolute atomic E-state index is 0.269. The van der Waals surface area contributed by atoms with E-state index in [4.69, 9.17) is 0 Å². The molecule has 0 spiro atoms. The molecule has 2 aromatic rings. The standard InChI is InChI=1S/C12H9NO/c14-12-4-3-8-7-11-9(6-10(8)12)2-1-5-13-11/h1-2,5-7H,3-4H2. The molecule has 0 N–H and O–H groups in total. The van der Waals surface area contributed by atoms with Gasteiger partial charge < -0.3 is 0 Å². The van der Waals surface area contributed by atoms with Gasteiger partial charge in [0.05, 0.1) is 5.52 Å². The minimum atomic E-state index is 0.269. The maximum absolute atomic E-state index is 11.5. The summed E-state index contributed by atoms with van der Waals surface area (Å²) < 4.78 is 0. The molecule has 3 rings (SSSR count). The molecule has 14 heavy (non-hydrogen) atoms. The fourth-order valence-corrected chi connectivity index (χ4v) is 2.01. The molecule has 0 bridgehead atoms. The molecule has 0 amide bonds. The zero-order valence-corrected chi connectivity index (χ0v) is 7.66. The largest absolute Gasteiger partial charge is 0.294 e. The van der Waals surface area contributed by atoms with Crippen LogP contribution in [-0.4, -0.2) is 10.8 Å². The van der Waals surface area contributed by atoms with Gasteiger partial charge in [0.2, 0.25) is 0 Å². The number of pyridine rings is 1. The molecular weight excluding hydrogens is 174 g/mol. The SMILES string of the molecule is O=C1CCc2cc3ncccc3cc21. The molecule has 2 nitrogen and oxygen atoms in total. The summed E-state index contributed by atoms with van der Waals surface area (Å²) in [6, 6.07) is 7.89. The number of carbonyl (C=O) groups is 1. The number of hydrogen-bond acceptors (Lipinski definition) is 2. The van der Waals surface area contributed by atoms with E-state index >= 15 is 0 Å². The second-order valence-corrected chi connectivity index (χ2v) is 3.63. The Kier molecular flexibility index (Phi) is 1.45. The van der Waals surface area contributed by atoms with Crippen molar-refractivity contribution in [2.24, 2.45) is 0 Å². The third kappa shape index (κ3) is 0.970. The van der Waals surface area contributed by atoms with Crippen molar-refractivity contribution < 1.29 is 4.79 Å². The Bertz CT molecular complexity index is 531. The van der Waals surface area contributed by atoms with E-state index in [-0.39, 0.29) is 5.78 Å². The number of fused-ring (bicyclic) bond motifs is 2. The molecule has 1 aromatic heterocycles. The number of aryl methyl sites for hydroxylation is 1. The summed E-state index contributed by atoms with van der Waals surface area (Å²) in [6.45, 7) is 0. The quantitative estimate of drug-likeness (QED) is 0.627. The summed E-state index contributed by atoms with van der Waals surface area (Å²) in [5.41, 5.74) is 3.03. The highest BCUT2D eigenvalue weighted by atomic mass is 16.1. The molecule has 1 heterocycles. The van der Waals surface area contributed by atoms with Crippen LogP contribution in [-0.2, 0) is 6.42 Å². The van der Waals surface area contributed by atoms with E-state index < -0.39 is 0 Å². The lowest BCUT2D eigenvalue weighted by Gasteiger charge is -2.00. The number of nitrogens with zero attached hydrogens (tertiary/aromatic N) is 1. The van der Waals surface area contributed by atoms with Gasteiger partial charge in [0.1, 0.15) is 0 Å². The predicted octanol–water partition coefficient (Wildman–Crippen LogP) is 2.36. The van der Waals surface area contributed by atoms with Crippen LogP contribution in [0.1, 0.15) is 22.3 Å². The van der Waals surface area contributed by atoms with Gasteiger partial charge >= 0.3 is 0 Å². The first-order valence-corrected chi connectivity index (χ1v) is 4.75. The smallest absolute Gasteiger partial charge is 0.163 e. The van der Waals surface area contributed by atoms with Crippen LogP contribution in [0.2, 0.25) is 0 Å². The van der Waals surface area contributed by atoms with Crippen LogP contribution >= 0.6 is 0 Å². The summed E-state index contributed by atoms with van der Waals surface area (Å²) in [6.07, 6.45) is 3.32. The van der Waals surface area contributed by atoms with E-state index in [9.17, 15) is 4.79 Å². The summed E-state index contributed by atoms with van der Waals surface area (Å²) in [7, 11) is 0. The van der Waals surface area contributed by atoms with Gasteiger partial charge in [-0.15, -0.1) is 0 Å².